The molecule has 0 aromatic heterocycles. The molecule has 0 aliphatic heterocycles. The predicted molar refractivity (Wildman–Crippen MR) is 77.8 cm³/mol. The second kappa shape index (κ2) is 10.2. The Labute approximate surface area is 128 Å². The third-order valence-electron chi connectivity index (χ3n) is 2.26. The fraction of sp³-hybridized carbons (Fsp3) is 0.692. The van der Waals surface area contributed by atoms with E-state index >= 15 is 0 Å². The monoisotopic (exact) mass is 319 g/mol. The molecule has 0 aromatic carbocycles. The van der Waals surface area contributed by atoms with Crippen LogP contribution in [0.5, 0.6) is 0 Å². The lowest BCUT2D eigenvalue weighted by Gasteiger charge is -2.18. The van der Waals surface area contributed by atoms with Crippen LogP contribution in [0.2, 0.25) is 0 Å². The Hall–Kier alpha value is -1.57. The summed E-state index contributed by atoms with van der Waals surface area (Å²) in [6, 6.07) is -0.584. The number of carbonyl (C=O) groups excluding carboxylic acids is 4. The summed E-state index contributed by atoms with van der Waals surface area (Å²) in [5.74, 6) is -0.660. The molecule has 0 rings (SSSR count). The minimum absolute atomic E-state index is 0.0349. The maximum absolute atomic E-state index is 11.4. The number of esters is 2. The lowest BCUT2D eigenvalue weighted by Crippen LogP contribution is -2.40. The highest BCUT2D eigenvalue weighted by atomic mass is 32.2. The number of ketones is 1. The largest absolute Gasteiger partial charge is 0.462 e. The number of carbonyl (C=O) groups is 4. The Morgan fingerprint density at radius 2 is 1.62 bits per heavy atom. The molecule has 2 atom stereocenters. The first-order valence-corrected chi connectivity index (χ1v) is 7.53. The normalized spacial score (nSPS) is 13.0. The van der Waals surface area contributed by atoms with Gasteiger partial charge in [-0.05, 0) is 6.92 Å². The van der Waals surface area contributed by atoms with E-state index in [2.05, 4.69) is 5.32 Å². The topological polar surface area (TPSA) is 98.8 Å². The van der Waals surface area contributed by atoms with Gasteiger partial charge < -0.3 is 14.8 Å². The molecule has 120 valence electrons. The highest BCUT2D eigenvalue weighted by molar-refractivity contribution is 7.99. The van der Waals surface area contributed by atoms with Crippen LogP contribution < -0.4 is 5.32 Å². The van der Waals surface area contributed by atoms with Crippen LogP contribution in [0.3, 0.4) is 0 Å². The first-order valence-electron chi connectivity index (χ1n) is 6.38. The average molecular weight is 319 g/mol. The molecular formula is C13H21NO6S. The number of amides is 1. The predicted octanol–water partition coefficient (Wildman–Crippen LogP) is 0.308. The number of rotatable bonds is 9. The van der Waals surface area contributed by atoms with E-state index in [4.69, 9.17) is 9.47 Å². The van der Waals surface area contributed by atoms with Crippen LogP contribution in [0.1, 0.15) is 27.7 Å². The number of thioether (sulfide) groups is 1. The quantitative estimate of drug-likeness (QED) is 0.611. The molecule has 0 aliphatic rings. The minimum Gasteiger partial charge on any atom is -0.462 e. The van der Waals surface area contributed by atoms with Crippen molar-refractivity contribution in [1.29, 1.82) is 0 Å². The van der Waals surface area contributed by atoms with Crippen LogP contribution in [-0.2, 0) is 28.7 Å². The maximum Gasteiger partial charge on any atom is 0.303 e. The maximum atomic E-state index is 11.4. The smallest absolute Gasteiger partial charge is 0.303 e. The third-order valence-corrected chi connectivity index (χ3v) is 3.44. The number of ether oxygens (including phenoxy) is 2. The van der Waals surface area contributed by atoms with Crippen LogP contribution in [0, 0.1) is 0 Å². The van der Waals surface area contributed by atoms with Gasteiger partial charge in [0.25, 0.3) is 0 Å². The first-order chi connectivity index (χ1) is 9.72. The summed E-state index contributed by atoms with van der Waals surface area (Å²) in [7, 11) is 0. The molecule has 0 radical (unpaired) electrons. The molecule has 8 heteroatoms. The molecule has 1 amide bonds. The van der Waals surface area contributed by atoms with Gasteiger partial charge in [-0.25, -0.2) is 0 Å². The first kappa shape index (κ1) is 19.4. The van der Waals surface area contributed by atoms with E-state index in [0.29, 0.717) is 11.5 Å². The molecular weight excluding hydrogens is 298 g/mol. The zero-order valence-corrected chi connectivity index (χ0v) is 13.5. The number of nitrogens with one attached hydrogen (secondary N) is 1. The van der Waals surface area contributed by atoms with E-state index in [0.717, 1.165) is 0 Å². The molecule has 0 aromatic rings. The number of Topliss-reactive ketones (excluding diaryl/α,β-unsaturated/α-hetero) is 1. The second-order valence-electron chi connectivity index (χ2n) is 4.44. The Balaban J connectivity index is 4.31. The van der Waals surface area contributed by atoms with Crippen LogP contribution in [0.4, 0.5) is 0 Å². The summed E-state index contributed by atoms with van der Waals surface area (Å²) < 4.78 is 9.82. The molecule has 1 N–H and O–H groups in total. The van der Waals surface area contributed by atoms with Gasteiger partial charge in [-0.15, -0.1) is 0 Å². The van der Waals surface area contributed by atoms with E-state index < -0.39 is 24.1 Å². The Bertz CT molecular complexity index is 398. The van der Waals surface area contributed by atoms with Crippen molar-refractivity contribution in [2.75, 3.05) is 18.1 Å². The molecule has 7 nitrogen and oxygen atoms in total. The van der Waals surface area contributed by atoms with Crippen LogP contribution >= 0.6 is 11.8 Å². The standard InChI is InChI=1S/C13H21NO6S/c1-8(15)13(14-9(2)16)7-21-6-12(20-11(4)18)5-19-10(3)17/h12-13H,5-7H2,1-4H3,(H,14,16). The van der Waals surface area contributed by atoms with Gasteiger partial charge in [0.1, 0.15) is 12.7 Å². The molecule has 0 fully saturated rings. The number of hydrogen-bond donors (Lipinski definition) is 1. The molecule has 0 bridgehead atoms. The van der Waals surface area contributed by atoms with Gasteiger partial charge in [-0.2, -0.15) is 11.8 Å². The molecule has 0 aliphatic carbocycles. The van der Waals surface area contributed by atoms with E-state index in [1.807, 2.05) is 0 Å². The molecule has 0 saturated carbocycles. The van der Waals surface area contributed by atoms with Crippen molar-refractivity contribution >= 4 is 35.4 Å². The van der Waals surface area contributed by atoms with Gasteiger partial charge >= 0.3 is 11.9 Å². The molecule has 2 unspecified atom stereocenters. The summed E-state index contributed by atoms with van der Waals surface area (Å²) in [4.78, 5) is 44.1. The van der Waals surface area contributed by atoms with Crippen molar-refractivity contribution in [1.82, 2.24) is 5.32 Å². The Kier molecular flexibility index (Phi) is 9.44. The van der Waals surface area contributed by atoms with Crippen LogP contribution in [0.15, 0.2) is 0 Å². The molecule has 0 saturated heterocycles. The van der Waals surface area contributed by atoms with Gasteiger partial charge in [-0.3, -0.25) is 19.2 Å². The van der Waals surface area contributed by atoms with Crippen molar-refractivity contribution in [3.63, 3.8) is 0 Å². The van der Waals surface area contributed by atoms with Crippen LogP contribution in [-0.4, -0.2) is 53.9 Å². The van der Waals surface area contributed by atoms with E-state index in [1.165, 1.54) is 39.5 Å². The zero-order chi connectivity index (χ0) is 16.4. The summed E-state index contributed by atoms with van der Waals surface area (Å²) in [5.41, 5.74) is 0. The lowest BCUT2D eigenvalue weighted by atomic mass is 10.2. The summed E-state index contributed by atoms with van der Waals surface area (Å²) in [5, 5.41) is 2.54. The Morgan fingerprint density at radius 1 is 1.00 bits per heavy atom. The lowest BCUT2D eigenvalue weighted by molar-refractivity contribution is -0.154. The van der Waals surface area contributed by atoms with E-state index in [9.17, 15) is 19.2 Å². The molecule has 0 heterocycles. The summed E-state index contributed by atoms with van der Waals surface area (Å²) in [6.45, 7) is 5.22. The van der Waals surface area contributed by atoms with Crippen molar-refractivity contribution < 1.29 is 28.7 Å². The second-order valence-corrected chi connectivity index (χ2v) is 5.51. The van der Waals surface area contributed by atoms with Gasteiger partial charge in [0.15, 0.2) is 5.78 Å². The van der Waals surface area contributed by atoms with Gasteiger partial charge in [0, 0.05) is 32.3 Å². The van der Waals surface area contributed by atoms with Crippen molar-refractivity contribution in [3.05, 3.63) is 0 Å². The highest BCUT2D eigenvalue weighted by Gasteiger charge is 2.18. The third kappa shape index (κ3) is 10.8. The average Bonchev–Trinajstić information content (AvgIpc) is 2.33. The zero-order valence-electron chi connectivity index (χ0n) is 12.6. The summed E-state index contributed by atoms with van der Waals surface area (Å²) >= 11 is 1.33. The Morgan fingerprint density at radius 3 is 2.05 bits per heavy atom. The highest BCUT2D eigenvalue weighted by Crippen LogP contribution is 2.10. The fourth-order valence-corrected chi connectivity index (χ4v) is 2.50. The fourth-order valence-electron chi connectivity index (χ4n) is 1.38. The van der Waals surface area contributed by atoms with Crippen molar-refractivity contribution in [2.45, 2.75) is 39.8 Å². The van der Waals surface area contributed by atoms with E-state index in [-0.39, 0.29) is 18.3 Å². The van der Waals surface area contributed by atoms with E-state index in [1.54, 1.807) is 0 Å². The van der Waals surface area contributed by atoms with Crippen molar-refractivity contribution in [3.8, 4) is 0 Å². The van der Waals surface area contributed by atoms with Gasteiger partial charge in [0.05, 0.1) is 6.04 Å². The molecule has 21 heavy (non-hydrogen) atoms. The SMILES string of the molecule is CC(=O)NC(CSCC(COC(C)=O)OC(C)=O)C(C)=O. The number of hydrogen-bond acceptors (Lipinski definition) is 7. The minimum atomic E-state index is -0.584. The van der Waals surface area contributed by atoms with Gasteiger partial charge in [0.2, 0.25) is 5.91 Å². The van der Waals surface area contributed by atoms with Crippen LogP contribution in [0.25, 0.3) is 0 Å². The molecule has 0 spiro atoms. The van der Waals surface area contributed by atoms with Gasteiger partial charge in [-0.1, -0.05) is 0 Å². The van der Waals surface area contributed by atoms with Crippen molar-refractivity contribution in [2.24, 2.45) is 0 Å². The summed E-state index contributed by atoms with van der Waals surface area (Å²) in [6.07, 6.45) is -0.582.